The predicted molar refractivity (Wildman–Crippen MR) is 115 cm³/mol. The second kappa shape index (κ2) is 10.3. The quantitative estimate of drug-likeness (QED) is 0.240. The summed E-state index contributed by atoms with van der Waals surface area (Å²) in [6.07, 6.45) is 1.53. The molecule has 1 aromatic rings. The first kappa shape index (κ1) is 23.3. The number of ether oxygens (including phenoxy) is 1. The molecule has 2 aliphatic heterocycles. The maximum Gasteiger partial charge on any atom is 0.352 e. The van der Waals surface area contributed by atoms with E-state index in [1.54, 1.807) is 6.92 Å². The molecule has 3 rings (SSSR count). The van der Waals surface area contributed by atoms with Crippen LogP contribution in [-0.2, 0) is 28.8 Å². The zero-order valence-corrected chi connectivity index (χ0v) is 18.3. The van der Waals surface area contributed by atoms with Gasteiger partial charge in [0.15, 0.2) is 0 Å². The number of nitrogens with one attached hydrogen (secondary N) is 1. The van der Waals surface area contributed by atoms with Crippen molar-refractivity contribution in [2.75, 3.05) is 19.0 Å². The van der Waals surface area contributed by atoms with Crippen molar-refractivity contribution in [3.05, 3.63) is 47.2 Å². The molecule has 170 valence electrons. The van der Waals surface area contributed by atoms with E-state index in [2.05, 4.69) is 10.5 Å². The van der Waals surface area contributed by atoms with E-state index in [1.165, 1.54) is 24.9 Å². The van der Waals surface area contributed by atoms with Crippen molar-refractivity contribution in [3.8, 4) is 0 Å². The SMILES string of the molecule is CC(=O)OCC1=C(C(=O)O)N2C(=O)[C@@H](NC(=O)[C@H](C)CO/N=C/c3ccccc3)C2SC1. The van der Waals surface area contributed by atoms with Crippen LogP contribution < -0.4 is 5.32 Å². The number of β-lactam (4-membered cyclic amide) rings is 1. The molecule has 10 nitrogen and oxygen atoms in total. The second-order valence-corrected chi connectivity index (χ2v) is 8.38. The minimum atomic E-state index is -1.28. The monoisotopic (exact) mass is 461 g/mol. The van der Waals surface area contributed by atoms with Crippen molar-refractivity contribution in [2.24, 2.45) is 11.1 Å². The Balaban J connectivity index is 1.55. The fourth-order valence-corrected chi connectivity index (χ4v) is 4.47. The van der Waals surface area contributed by atoms with Gasteiger partial charge in [-0.1, -0.05) is 42.4 Å². The molecule has 3 atom stereocenters. The third-order valence-corrected chi connectivity index (χ3v) is 6.18. The summed E-state index contributed by atoms with van der Waals surface area (Å²) in [5, 5.41) is 15.5. The Hall–Kier alpha value is -3.34. The zero-order valence-electron chi connectivity index (χ0n) is 17.5. The van der Waals surface area contributed by atoms with Gasteiger partial charge in [0.1, 0.15) is 30.3 Å². The van der Waals surface area contributed by atoms with Gasteiger partial charge in [-0.3, -0.25) is 19.3 Å². The van der Waals surface area contributed by atoms with Crippen LogP contribution in [0.2, 0.25) is 0 Å². The number of hydrogen-bond donors (Lipinski definition) is 2. The summed E-state index contributed by atoms with van der Waals surface area (Å²) >= 11 is 1.30. The molecule has 11 heteroatoms. The van der Waals surface area contributed by atoms with Crippen LogP contribution in [0.25, 0.3) is 0 Å². The highest BCUT2D eigenvalue weighted by Crippen LogP contribution is 2.40. The largest absolute Gasteiger partial charge is 0.477 e. The Labute approximate surface area is 188 Å². The molecule has 2 aliphatic rings. The molecule has 0 radical (unpaired) electrons. The molecule has 1 unspecified atom stereocenters. The van der Waals surface area contributed by atoms with E-state index in [-0.39, 0.29) is 24.7 Å². The van der Waals surface area contributed by atoms with Crippen LogP contribution in [0.1, 0.15) is 19.4 Å². The third-order valence-electron chi connectivity index (χ3n) is 4.85. The molecule has 2 heterocycles. The molecule has 1 fully saturated rings. The Kier molecular flexibility index (Phi) is 7.52. The van der Waals surface area contributed by atoms with Gasteiger partial charge < -0.3 is 20.0 Å². The molecule has 0 aromatic heterocycles. The smallest absolute Gasteiger partial charge is 0.352 e. The highest BCUT2D eigenvalue weighted by Gasteiger charge is 2.54. The van der Waals surface area contributed by atoms with Gasteiger partial charge in [0, 0.05) is 18.2 Å². The predicted octanol–water partition coefficient (Wildman–Crippen LogP) is 0.975. The van der Waals surface area contributed by atoms with Crippen LogP contribution in [0.3, 0.4) is 0 Å². The topological polar surface area (TPSA) is 135 Å². The number of thioether (sulfide) groups is 1. The Bertz CT molecular complexity index is 963. The number of carboxylic acids is 1. The number of nitrogens with zero attached hydrogens (tertiary/aromatic N) is 2. The number of carbonyl (C=O) groups excluding carboxylic acids is 3. The maximum absolute atomic E-state index is 12.6. The average Bonchev–Trinajstić information content (AvgIpc) is 2.78. The lowest BCUT2D eigenvalue weighted by atomic mass is 10.0. The first-order valence-electron chi connectivity index (χ1n) is 9.83. The molecular weight excluding hydrogens is 438 g/mol. The lowest BCUT2D eigenvalue weighted by Crippen LogP contribution is -2.71. The van der Waals surface area contributed by atoms with Crippen LogP contribution in [0.4, 0.5) is 0 Å². The van der Waals surface area contributed by atoms with Crippen molar-refractivity contribution < 1.29 is 33.9 Å². The number of carboxylic acid groups (broad SMARTS) is 1. The second-order valence-electron chi connectivity index (χ2n) is 7.28. The highest BCUT2D eigenvalue weighted by atomic mass is 32.2. The average molecular weight is 461 g/mol. The first-order valence-corrected chi connectivity index (χ1v) is 10.9. The summed E-state index contributed by atoms with van der Waals surface area (Å²) in [6.45, 7) is 2.68. The van der Waals surface area contributed by atoms with Gasteiger partial charge in [0.25, 0.3) is 5.91 Å². The normalized spacial score (nSPS) is 20.9. The fourth-order valence-electron chi connectivity index (χ4n) is 3.15. The maximum atomic E-state index is 12.6. The molecule has 0 saturated carbocycles. The van der Waals surface area contributed by atoms with Crippen LogP contribution in [0, 0.1) is 5.92 Å². The van der Waals surface area contributed by atoms with Crippen molar-refractivity contribution >= 4 is 41.7 Å². The number of hydrogen-bond acceptors (Lipinski definition) is 8. The number of esters is 1. The number of fused-ring (bicyclic) bond motifs is 1. The lowest BCUT2D eigenvalue weighted by molar-refractivity contribution is -0.151. The number of carbonyl (C=O) groups is 4. The van der Waals surface area contributed by atoms with E-state index in [9.17, 15) is 24.3 Å². The van der Waals surface area contributed by atoms with Gasteiger partial charge in [0.05, 0.1) is 12.1 Å². The number of amides is 2. The molecule has 32 heavy (non-hydrogen) atoms. The molecular formula is C21H23N3O7S. The Morgan fingerprint density at radius 3 is 2.72 bits per heavy atom. The van der Waals surface area contributed by atoms with Crippen molar-refractivity contribution in [1.29, 1.82) is 0 Å². The molecule has 0 spiro atoms. The van der Waals surface area contributed by atoms with E-state index in [0.717, 1.165) is 10.5 Å². The minimum absolute atomic E-state index is 0.0183. The van der Waals surface area contributed by atoms with E-state index in [0.29, 0.717) is 5.57 Å². The Morgan fingerprint density at radius 2 is 2.06 bits per heavy atom. The van der Waals surface area contributed by atoms with Crippen LogP contribution >= 0.6 is 11.8 Å². The Morgan fingerprint density at radius 1 is 1.34 bits per heavy atom. The van der Waals surface area contributed by atoms with Gasteiger partial charge in [-0.2, -0.15) is 0 Å². The van der Waals surface area contributed by atoms with Crippen LogP contribution in [0.15, 0.2) is 46.8 Å². The van der Waals surface area contributed by atoms with Crippen molar-refractivity contribution in [1.82, 2.24) is 10.2 Å². The summed E-state index contributed by atoms with van der Waals surface area (Å²) < 4.78 is 4.90. The van der Waals surface area contributed by atoms with Gasteiger partial charge in [0.2, 0.25) is 5.91 Å². The molecule has 2 N–H and O–H groups in total. The van der Waals surface area contributed by atoms with Crippen molar-refractivity contribution in [3.63, 3.8) is 0 Å². The summed E-state index contributed by atoms with van der Waals surface area (Å²) in [6, 6.07) is 8.49. The van der Waals surface area contributed by atoms with E-state index >= 15 is 0 Å². The number of benzene rings is 1. The summed E-state index contributed by atoms with van der Waals surface area (Å²) in [4.78, 5) is 54.2. The minimum Gasteiger partial charge on any atom is -0.477 e. The number of aliphatic carboxylic acids is 1. The molecule has 0 bridgehead atoms. The molecule has 1 aromatic carbocycles. The van der Waals surface area contributed by atoms with Crippen LogP contribution in [-0.4, -0.2) is 70.4 Å². The van der Waals surface area contributed by atoms with Gasteiger partial charge in [-0.05, 0) is 5.56 Å². The molecule has 0 aliphatic carbocycles. The zero-order chi connectivity index (χ0) is 23.3. The molecule has 1 saturated heterocycles. The van der Waals surface area contributed by atoms with E-state index in [4.69, 9.17) is 9.57 Å². The van der Waals surface area contributed by atoms with Gasteiger partial charge >= 0.3 is 11.9 Å². The standard InChI is InChI=1S/C21H23N3O7S/c1-12(9-31-22-8-14-6-4-3-5-7-14)18(26)23-16-19(27)24-17(21(28)29)15(10-30-13(2)25)11-32-20(16)24/h3-8,12,16,20H,9-11H2,1-2H3,(H,23,26)(H,28,29)/b22-8+/t12-,16-,20?/m1/s1. The number of rotatable bonds is 9. The van der Waals surface area contributed by atoms with Crippen LogP contribution in [0.5, 0.6) is 0 Å². The van der Waals surface area contributed by atoms with E-state index in [1.807, 2.05) is 30.3 Å². The highest BCUT2D eigenvalue weighted by molar-refractivity contribution is 8.00. The third kappa shape index (κ3) is 5.28. The molecule has 2 amide bonds. The van der Waals surface area contributed by atoms with Gasteiger partial charge in [-0.25, -0.2) is 4.79 Å². The fraction of sp³-hybridized carbons (Fsp3) is 0.381. The number of oxime groups is 1. The summed E-state index contributed by atoms with van der Waals surface area (Å²) in [5.74, 6) is -3.06. The van der Waals surface area contributed by atoms with Crippen molar-refractivity contribution in [2.45, 2.75) is 25.3 Å². The lowest BCUT2D eigenvalue weighted by Gasteiger charge is -2.49. The first-order chi connectivity index (χ1) is 15.3. The summed E-state index contributed by atoms with van der Waals surface area (Å²) in [7, 11) is 0. The summed E-state index contributed by atoms with van der Waals surface area (Å²) in [5.41, 5.74) is 0.997. The van der Waals surface area contributed by atoms with Gasteiger partial charge in [-0.15, -0.1) is 11.8 Å². The van der Waals surface area contributed by atoms with E-state index < -0.39 is 41.1 Å².